The Morgan fingerprint density at radius 3 is 2.55 bits per heavy atom. The van der Waals surface area contributed by atoms with Crippen LogP contribution in [0.15, 0.2) is 48.8 Å². The van der Waals surface area contributed by atoms with E-state index in [0.29, 0.717) is 39.4 Å². The van der Waals surface area contributed by atoms with E-state index in [1.165, 1.54) is 13.1 Å². The first-order chi connectivity index (χ1) is 21.0. The van der Waals surface area contributed by atoms with Crippen molar-refractivity contribution in [1.82, 2.24) is 20.1 Å². The molecule has 0 bridgehead atoms. The molecule has 12 heteroatoms. The first kappa shape index (κ1) is 32.2. The van der Waals surface area contributed by atoms with Gasteiger partial charge in [-0.05, 0) is 57.0 Å². The topological polar surface area (TPSA) is 160 Å². The fourth-order valence-corrected chi connectivity index (χ4v) is 4.75. The largest absolute Gasteiger partial charge is 0.488 e. The average molecular weight is 618 g/mol. The molecule has 0 aliphatic rings. The van der Waals surface area contributed by atoms with Gasteiger partial charge in [-0.1, -0.05) is 23.7 Å². The molecule has 0 saturated carbocycles. The van der Waals surface area contributed by atoms with E-state index in [1.54, 1.807) is 36.0 Å². The number of ether oxygens (including phenoxy) is 2. The van der Waals surface area contributed by atoms with Gasteiger partial charge in [-0.2, -0.15) is 10.4 Å². The number of halogens is 1. The summed E-state index contributed by atoms with van der Waals surface area (Å²) in [4.78, 5) is 27.3. The van der Waals surface area contributed by atoms with Gasteiger partial charge in [0.15, 0.2) is 6.29 Å². The van der Waals surface area contributed by atoms with Crippen LogP contribution in [0.25, 0.3) is 5.69 Å². The smallest absolute Gasteiger partial charge is 0.326 e. The molecule has 2 aromatic heterocycles. The van der Waals surface area contributed by atoms with Crippen LogP contribution in [-0.4, -0.2) is 49.4 Å². The molecule has 3 N–H and O–H groups in total. The lowest BCUT2D eigenvalue weighted by molar-refractivity contribution is -0.145. The lowest BCUT2D eigenvalue weighted by Crippen LogP contribution is -2.52. The minimum atomic E-state index is -1.59. The standard InChI is InChI=1S/C32H32ClN5O6/c1-19-24(6-5-7-28(19)38-21(3)26(15-39)20(2)37-38)17-44-30-10-29(43-16-23-8-22(11-34)12-35-13-23)25(9-27(30)33)14-36-32(4,18-40)31(41)42/h5-10,12-13,15,36,40H,14,16-18H2,1-4H3,(H,41,42)/t32-/m1/s1. The predicted molar refractivity (Wildman–Crippen MR) is 162 cm³/mol. The molecule has 44 heavy (non-hydrogen) atoms. The van der Waals surface area contributed by atoms with Crippen LogP contribution in [0.5, 0.6) is 11.5 Å². The number of hydrogen-bond acceptors (Lipinski definition) is 9. The quantitative estimate of drug-likeness (QED) is 0.181. The summed E-state index contributed by atoms with van der Waals surface area (Å²) in [5, 5.41) is 36.1. The molecule has 0 unspecified atom stereocenters. The van der Waals surface area contributed by atoms with E-state index in [9.17, 15) is 25.1 Å². The van der Waals surface area contributed by atoms with Crippen LogP contribution in [0.3, 0.4) is 0 Å². The maximum atomic E-state index is 11.7. The van der Waals surface area contributed by atoms with E-state index < -0.39 is 18.1 Å². The number of aldehydes is 1. The van der Waals surface area contributed by atoms with E-state index in [4.69, 9.17) is 21.1 Å². The van der Waals surface area contributed by atoms with Crippen LogP contribution in [0.4, 0.5) is 0 Å². The number of carboxylic acids is 1. The number of carbonyl (C=O) groups is 2. The molecule has 0 aliphatic heterocycles. The van der Waals surface area contributed by atoms with Gasteiger partial charge >= 0.3 is 5.97 Å². The number of benzene rings is 2. The Hall–Kier alpha value is -4.76. The van der Waals surface area contributed by atoms with E-state index in [0.717, 1.165) is 28.8 Å². The number of aliphatic hydroxyl groups is 1. The van der Waals surface area contributed by atoms with Crippen LogP contribution < -0.4 is 14.8 Å². The second-order valence-electron chi connectivity index (χ2n) is 10.5. The van der Waals surface area contributed by atoms with E-state index in [1.807, 2.05) is 38.1 Å². The van der Waals surface area contributed by atoms with Crippen LogP contribution >= 0.6 is 11.6 Å². The molecule has 0 saturated heterocycles. The molecule has 2 heterocycles. The SMILES string of the molecule is Cc1nn(-c2cccc(COc3cc(OCc4cncc(C#N)c4)c(CN[C@](C)(CO)C(=O)O)cc3Cl)c2C)c(C)c1C=O. The summed E-state index contributed by atoms with van der Waals surface area (Å²) >= 11 is 6.63. The molecule has 0 aliphatic carbocycles. The molecule has 0 fully saturated rings. The summed E-state index contributed by atoms with van der Waals surface area (Å²) in [6.45, 7) is 6.56. The van der Waals surface area contributed by atoms with E-state index >= 15 is 0 Å². The number of nitrogens with one attached hydrogen (secondary N) is 1. The van der Waals surface area contributed by atoms with Gasteiger partial charge in [0.05, 0.1) is 39.8 Å². The number of nitriles is 1. The number of rotatable bonds is 13. The van der Waals surface area contributed by atoms with Gasteiger partial charge in [0, 0.05) is 36.1 Å². The Bertz CT molecular complexity index is 1750. The van der Waals surface area contributed by atoms with Crippen LogP contribution in [0, 0.1) is 32.1 Å². The van der Waals surface area contributed by atoms with E-state index in [2.05, 4.69) is 15.4 Å². The number of hydrogen-bond donors (Lipinski definition) is 3. The molecule has 0 radical (unpaired) electrons. The maximum absolute atomic E-state index is 11.7. The van der Waals surface area contributed by atoms with Crippen molar-refractivity contribution in [2.45, 2.75) is 53.0 Å². The van der Waals surface area contributed by atoms with Crippen molar-refractivity contribution >= 4 is 23.9 Å². The summed E-state index contributed by atoms with van der Waals surface area (Å²) < 4.78 is 14.0. The summed E-state index contributed by atoms with van der Waals surface area (Å²) in [7, 11) is 0. The Kier molecular flexibility index (Phi) is 10.0. The highest BCUT2D eigenvalue weighted by molar-refractivity contribution is 6.32. The predicted octanol–water partition coefficient (Wildman–Crippen LogP) is 4.61. The second kappa shape index (κ2) is 13.7. The minimum absolute atomic E-state index is 0.0156. The van der Waals surface area contributed by atoms with Crippen molar-refractivity contribution in [3.05, 3.63) is 98.6 Å². The highest BCUT2D eigenvalue weighted by Crippen LogP contribution is 2.35. The fraction of sp³-hybridized carbons (Fsp3) is 0.281. The number of nitrogens with zero attached hydrogens (tertiary/aromatic N) is 4. The molecule has 4 rings (SSSR count). The van der Waals surface area contributed by atoms with Gasteiger partial charge in [-0.3, -0.25) is 19.9 Å². The number of pyridine rings is 1. The summed E-state index contributed by atoms with van der Waals surface area (Å²) in [5.41, 5.74) is 4.50. The third-order valence-electron chi connectivity index (χ3n) is 7.38. The highest BCUT2D eigenvalue weighted by atomic mass is 35.5. The van der Waals surface area contributed by atoms with Gasteiger partial charge in [0.2, 0.25) is 0 Å². The normalized spacial score (nSPS) is 12.3. The van der Waals surface area contributed by atoms with Gasteiger partial charge in [0.1, 0.15) is 36.3 Å². The number of carbonyl (C=O) groups excluding carboxylic acids is 1. The summed E-state index contributed by atoms with van der Waals surface area (Å²) in [6, 6.07) is 12.7. The molecular formula is C32H32ClN5O6. The lowest BCUT2D eigenvalue weighted by atomic mass is 10.0. The van der Waals surface area contributed by atoms with Crippen molar-refractivity contribution in [3.63, 3.8) is 0 Å². The molecular weight excluding hydrogens is 586 g/mol. The Balaban J connectivity index is 1.62. The molecule has 228 valence electrons. The minimum Gasteiger partial charge on any atom is -0.488 e. The zero-order valence-electron chi connectivity index (χ0n) is 24.7. The summed E-state index contributed by atoms with van der Waals surface area (Å²) in [6.07, 6.45) is 3.83. The van der Waals surface area contributed by atoms with Gasteiger partial charge in [0.25, 0.3) is 0 Å². The van der Waals surface area contributed by atoms with Crippen molar-refractivity contribution in [3.8, 4) is 23.3 Å². The molecule has 4 aromatic rings. The Morgan fingerprint density at radius 2 is 1.89 bits per heavy atom. The zero-order chi connectivity index (χ0) is 32.0. The second-order valence-corrected chi connectivity index (χ2v) is 10.9. The van der Waals surface area contributed by atoms with Gasteiger partial charge in [-0.25, -0.2) is 4.68 Å². The fourth-order valence-electron chi connectivity index (χ4n) is 4.51. The Labute approximate surface area is 259 Å². The first-order valence-electron chi connectivity index (χ1n) is 13.6. The van der Waals surface area contributed by atoms with Crippen molar-refractivity contribution in [2.24, 2.45) is 0 Å². The molecule has 1 atom stereocenters. The van der Waals surface area contributed by atoms with Crippen LogP contribution in [0.2, 0.25) is 5.02 Å². The van der Waals surface area contributed by atoms with Crippen LogP contribution in [0.1, 0.15) is 56.5 Å². The third kappa shape index (κ3) is 6.89. The number of aliphatic hydroxyl groups excluding tert-OH is 1. The number of aliphatic carboxylic acids is 1. The van der Waals surface area contributed by atoms with Crippen LogP contribution in [-0.2, 0) is 24.6 Å². The molecule has 0 amide bonds. The molecule has 2 aromatic carbocycles. The zero-order valence-corrected chi connectivity index (χ0v) is 25.5. The lowest BCUT2D eigenvalue weighted by Gasteiger charge is -2.25. The number of carboxylic acid groups (broad SMARTS) is 1. The van der Waals surface area contributed by atoms with Gasteiger partial charge < -0.3 is 19.7 Å². The first-order valence-corrected chi connectivity index (χ1v) is 14.0. The van der Waals surface area contributed by atoms with E-state index in [-0.39, 0.29) is 24.8 Å². The molecule has 0 spiro atoms. The number of aromatic nitrogens is 3. The number of aryl methyl sites for hydroxylation is 1. The summed E-state index contributed by atoms with van der Waals surface area (Å²) in [5.74, 6) is -0.524. The van der Waals surface area contributed by atoms with Crippen molar-refractivity contribution in [2.75, 3.05) is 6.61 Å². The van der Waals surface area contributed by atoms with Crippen molar-refractivity contribution < 1.29 is 29.3 Å². The average Bonchev–Trinajstić information content (AvgIpc) is 3.31. The highest BCUT2D eigenvalue weighted by Gasteiger charge is 2.32. The molecule has 11 nitrogen and oxygen atoms in total. The maximum Gasteiger partial charge on any atom is 0.326 e. The Morgan fingerprint density at radius 1 is 1.14 bits per heavy atom. The van der Waals surface area contributed by atoms with Crippen molar-refractivity contribution in [1.29, 1.82) is 5.26 Å². The third-order valence-corrected chi connectivity index (χ3v) is 7.68. The monoisotopic (exact) mass is 617 g/mol. The van der Waals surface area contributed by atoms with Gasteiger partial charge in [-0.15, -0.1) is 0 Å².